The van der Waals surface area contributed by atoms with E-state index in [0.29, 0.717) is 6.42 Å². The van der Waals surface area contributed by atoms with Gasteiger partial charge in [-0.25, -0.2) is 4.79 Å². The SMILES string of the molecule is CCC(C)C(=O)C(=O)O.[Mg+2]. The Morgan fingerprint density at radius 1 is 1.50 bits per heavy atom. The Morgan fingerprint density at radius 2 is 1.90 bits per heavy atom. The van der Waals surface area contributed by atoms with Crippen LogP contribution >= 0.6 is 0 Å². The van der Waals surface area contributed by atoms with Crippen molar-refractivity contribution in [1.82, 2.24) is 0 Å². The van der Waals surface area contributed by atoms with Gasteiger partial charge in [0.05, 0.1) is 0 Å². The number of hydrogen-bond acceptors (Lipinski definition) is 2. The number of carbonyl (C=O) groups excluding carboxylic acids is 1. The van der Waals surface area contributed by atoms with Crippen LogP contribution < -0.4 is 0 Å². The Hall–Kier alpha value is -0.0938. The molecule has 3 nitrogen and oxygen atoms in total. The molecule has 0 spiro atoms. The number of rotatable bonds is 3. The maximum absolute atomic E-state index is 10.5. The molecule has 0 fully saturated rings. The molecule has 0 amide bonds. The van der Waals surface area contributed by atoms with Gasteiger partial charge in [-0.2, -0.15) is 0 Å². The van der Waals surface area contributed by atoms with E-state index in [4.69, 9.17) is 5.11 Å². The van der Waals surface area contributed by atoms with Crippen molar-refractivity contribution in [2.24, 2.45) is 5.92 Å². The molecule has 10 heavy (non-hydrogen) atoms. The average Bonchev–Trinajstić information content (AvgIpc) is 1.84. The molecule has 0 radical (unpaired) electrons. The van der Waals surface area contributed by atoms with Crippen LogP contribution in [0.4, 0.5) is 0 Å². The third-order valence-electron chi connectivity index (χ3n) is 1.27. The zero-order valence-electron chi connectivity index (χ0n) is 6.26. The smallest absolute Gasteiger partial charge is 0.475 e. The Kier molecular flexibility index (Phi) is 7.13. The summed E-state index contributed by atoms with van der Waals surface area (Å²) in [6.45, 7) is 3.39. The second kappa shape index (κ2) is 5.67. The molecular formula is C6H10MgO3+2. The molecule has 0 rings (SSSR count). The Labute approximate surface area is 76.0 Å². The van der Waals surface area contributed by atoms with E-state index < -0.39 is 11.8 Å². The van der Waals surface area contributed by atoms with Crippen LogP contribution in [0.1, 0.15) is 20.3 Å². The van der Waals surface area contributed by atoms with Gasteiger partial charge in [-0.05, 0) is 6.42 Å². The fourth-order valence-corrected chi connectivity index (χ4v) is 0.396. The maximum Gasteiger partial charge on any atom is 2.00 e. The fraction of sp³-hybridized carbons (Fsp3) is 0.667. The molecule has 0 aliphatic carbocycles. The maximum atomic E-state index is 10.5. The van der Waals surface area contributed by atoms with Crippen LogP contribution in [0.25, 0.3) is 0 Å². The van der Waals surface area contributed by atoms with E-state index in [2.05, 4.69) is 0 Å². The summed E-state index contributed by atoms with van der Waals surface area (Å²) >= 11 is 0. The van der Waals surface area contributed by atoms with Crippen LogP contribution in [0.15, 0.2) is 0 Å². The van der Waals surface area contributed by atoms with E-state index in [-0.39, 0.29) is 29.0 Å². The minimum Gasteiger partial charge on any atom is -0.475 e. The molecule has 0 aliphatic heterocycles. The first kappa shape index (κ1) is 12.6. The first-order chi connectivity index (χ1) is 4.09. The van der Waals surface area contributed by atoms with Gasteiger partial charge in [0.25, 0.3) is 0 Å². The van der Waals surface area contributed by atoms with Gasteiger partial charge in [0.1, 0.15) is 0 Å². The molecule has 0 aromatic rings. The van der Waals surface area contributed by atoms with Crippen LogP contribution in [0, 0.1) is 5.92 Å². The molecule has 0 bridgehead atoms. The van der Waals surface area contributed by atoms with Gasteiger partial charge in [-0.3, -0.25) is 4.79 Å². The standard InChI is InChI=1S/C6H10O3.Mg/c1-3-4(2)5(7)6(8)9;/h4H,3H2,1-2H3,(H,8,9);/q;+2. The zero-order chi connectivity index (χ0) is 7.44. The normalized spacial score (nSPS) is 11.4. The van der Waals surface area contributed by atoms with E-state index in [0.717, 1.165) is 0 Å². The van der Waals surface area contributed by atoms with Crippen LogP contribution in [0.3, 0.4) is 0 Å². The molecule has 0 aliphatic rings. The summed E-state index contributed by atoms with van der Waals surface area (Å²) in [6, 6.07) is 0. The zero-order valence-corrected chi connectivity index (χ0v) is 7.67. The molecule has 0 aromatic heterocycles. The van der Waals surface area contributed by atoms with Crippen molar-refractivity contribution in [2.75, 3.05) is 0 Å². The summed E-state index contributed by atoms with van der Waals surface area (Å²) in [5, 5.41) is 8.13. The van der Waals surface area contributed by atoms with Crippen molar-refractivity contribution in [3.8, 4) is 0 Å². The minimum absolute atomic E-state index is 0. The van der Waals surface area contributed by atoms with Crippen LogP contribution in [-0.4, -0.2) is 39.9 Å². The van der Waals surface area contributed by atoms with E-state index in [1.807, 2.05) is 0 Å². The summed E-state index contributed by atoms with van der Waals surface area (Å²) in [5.74, 6) is -2.37. The Bertz CT molecular complexity index is 133. The Morgan fingerprint density at radius 3 is 2.00 bits per heavy atom. The van der Waals surface area contributed by atoms with E-state index >= 15 is 0 Å². The van der Waals surface area contributed by atoms with E-state index in [9.17, 15) is 9.59 Å². The fourth-order valence-electron chi connectivity index (χ4n) is 0.396. The van der Waals surface area contributed by atoms with Crippen molar-refractivity contribution in [2.45, 2.75) is 20.3 Å². The van der Waals surface area contributed by atoms with Gasteiger partial charge >= 0.3 is 29.0 Å². The number of ketones is 1. The van der Waals surface area contributed by atoms with Crippen LogP contribution in [0.5, 0.6) is 0 Å². The van der Waals surface area contributed by atoms with Crippen molar-refractivity contribution < 1.29 is 14.7 Å². The number of hydrogen-bond donors (Lipinski definition) is 1. The molecule has 0 saturated heterocycles. The monoisotopic (exact) mass is 154 g/mol. The third kappa shape index (κ3) is 3.84. The molecule has 1 N–H and O–H groups in total. The summed E-state index contributed by atoms with van der Waals surface area (Å²) in [5.41, 5.74) is 0. The molecule has 1 unspecified atom stereocenters. The second-order valence-electron chi connectivity index (χ2n) is 1.98. The van der Waals surface area contributed by atoms with Crippen molar-refractivity contribution >= 4 is 34.8 Å². The molecule has 0 aromatic carbocycles. The largest absolute Gasteiger partial charge is 2.00 e. The predicted molar refractivity (Wildman–Crippen MR) is 37.9 cm³/mol. The number of carbonyl (C=O) groups is 2. The summed E-state index contributed by atoms with van der Waals surface area (Å²) in [6.07, 6.45) is 0.588. The number of Topliss-reactive ketones (excluding diaryl/α,β-unsaturated/α-hetero) is 1. The van der Waals surface area contributed by atoms with Gasteiger partial charge in [-0.15, -0.1) is 0 Å². The van der Waals surface area contributed by atoms with Crippen molar-refractivity contribution in [1.29, 1.82) is 0 Å². The van der Waals surface area contributed by atoms with Crippen LogP contribution in [-0.2, 0) is 9.59 Å². The molecule has 0 heterocycles. The number of carboxylic acid groups (broad SMARTS) is 1. The van der Waals surface area contributed by atoms with Gasteiger partial charge < -0.3 is 5.11 Å². The van der Waals surface area contributed by atoms with Crippen molar-refractivity contribution in [3.05, 3.63) is 0 Å². The van der Waals surface area contributed by atoms with E-state index in [1.54, 1.807) is 13.8 Å². The van der Waals surface area contributed by atoms with Gasteiger partial charge in [0, 0.05) is 5.92 Å². The second-order valence-corrected chi connectivity index (χ2v) is 1.98. The molecule has 52 valence electrons. The van der Waals surface area contributed by atoms with Gasteiger partial charge in [0.2, 0.25) is 5.78 Å². The average molecular weight is 154 g/mol. The summed E-state index contributed by atoms with van der Waals surface area (Å²) < 4.78 is 0. The van der Waals surface area contributed by atoms with Gasteiger partial charge in [0.15, 0.2) is 0 Å². The first-order valence-electron chi connectivity index (χ1n) is 2.86. The third-order valence-corrected chi connectivity index (χ3v) is 1.27. The van der Waals surface area contributed by atoms with Crippen LogP contribution in [0.2, 0.25) is 0 Å². The molecule has 4 heteroatoms. The summed E-state index contributed by atoms with van der Waals surface area (Å²) in [4.78, 5) is 20.4. The molecule has 0 saturated carbocycles. The summed E-state index contributed by atoms with van der Waals surface area (Å²) in [7, 11) is 0. The Balaban J connectivity index is 0. The number of carboxylic acids is 1. The molecule has 1 atom stereocenters. The topological polar surface area (TPSA) is 54.4 Å². The minimum atomic E-state index is -1.33. The first-order valence-corrected chi connectivity index (χ1v) is 2.86. The van der Waals surface area contributed by atoms with Crippen molar-refractivity contribution in [3.63, 3.8) is 0 Å². The quantitative estimate of drug-likeness (QED) is 0.470. The predicted octanol–water partition coefficient (Wildman–Crippen LogP) is 0.305. The number of aliphatic carboxylic acids is 1. The van der Waals surface area contributed by atoms with E-state index in [1.165, 1.54) is 0 Å². The van der Waals surface area contributed by atoms with Gasteiger partial charge in [-0.1, -0.05) is 13.8 Å². The molecular weight excluding hydrogens is 144 g/mol.